The number of aromatic amines is 1. The molecular formula is C38H42ClN7O4S. The zero-order valence-electron chi connectivity index (χ0n) is 29.2. The van der Waals surface area contributed by atoms with Crippen LogP contribution in [0, 0.1) is 12.3 Å². The van der Waals surface area contributed by atoms with Crippen molar-refractivity contribution in [2.75, 3.05) is 37.6 Å². The summed E-state index contributed by atoms with van der Waals surface area (Å²) in [7, 11) is -2.68. The Bertz CT molecular complexity index is 2230. The number of pyridine rings is 1. The Morgan fingerprint density at radius 2 is 1.82 bits per heavy atom. The highest BCUT2D eigenvalue weighted by Crippen LogP contribution is 2.43. The summed E-state index contributed by atoms with van der Waals surface area (Å²) in [6, 6.07) is 16.9. The fourth-order valence-electron chi connectivity index (χ4n) is 7.05. The Labute approximate surface area is 303 Å². The number of fused-ring (bicyclic) bond motifs is 1. The van der Waals surface area contributed by atoms with E-state index < -0.39 is 15.9 Å². The zero-order chi connectivity index (χ0) is 35.9. The number of H-pyrrole nitrogens is 1. The molecule has 1 fully saturated rings. The van der Waals surface area contributed by atoms with E-state index in [0.29, 0.717) is 17.0 Å². The molecule has 1 aliphatic heterocycles. The maximum atomic E-state index is 13.7. The first-order valence-corrected chi connectivity index (χ1v) is 19.0. The molecule has 5 aromatic rings. The van der Waals surface area contributed by atoms with Gasteiger partial charge < -0.3 is 14.6 Å². The third kappa shape index (κ3) is 7.68. The van der Waals surface area contributed by atoms with Gasteiger partial charge >= 0.3 is 0 Å². The largest absolute Gasteiger partial charge is 0.454 e. The average molecular weight is 728 g/mol. The van der Waals surface area contributed by atoms with E-state index in [4.69, 9.17) is 16.3 Å². The number of sulfonamides is 1. The van der Waals surface area contributed by atoms with Crippen molar-refractivity contribution in [2.24, 2.45) is 12.5 Å². The number of aromatic nitrogens is 4. The van der Waals surface area contributed by atoms with Crippen molar-refractivity contribution in [3.8, 4) is 11.5 Å². The molecule has 3 aromatic heterocycles. The summed E-state index contributed by atoms with van der Waals surface area (Å²) < 4.78 is 37.3. The number of nitrogens with one attached hydrogen (secondary N) is 2. The highest BCUT2D eigenvalue weighted by atomic mass is 35.5. The lowest BCUT2D eigenvalue weighted by Crippen LogP contribution is -2.47. The van der Waals surface area contributed by atoms with Crippen LogP contribution in [0.15, 0.2) is 83.7 Å². The van der Waals surface area contributed by atoms with Crippen LogP contribution in [-0.2, 0) is 17.1 Å². The van der Waals surface area contributed by atoms with E-state index in [2.05, 4.69) is 55.6 Å². The predicted octanol–water partition coefficient (Wildman–Crippen LogP) is 6.96. The van der Waals surface area contributed by atoms with E-state index in [1.165, 1.54) is 33.7 Å². The van der Waals surface area contributed by atoms with Gasteiger partial charge in [0.05, 0.1) is 6.20 Å². The van der Waals surface area contributed by atoms with Gasteiger partial charge in [-0.05, 0) is 79.1 Å². The second-order valence-electron chi connectivity index (χ2n) is 14.3. The van der Waals surface area contributed by atoms with Gasteiger partial charge in [0.1, 0.15) is 22.0 Å². The number of hydrogen-bond acceptors (Lipinski definition) is 8. The number of halogens is 1. The summed E-state index contributed by atoms with van der Waals surface area (Å²) in [6.07, 6.45) is 8.23. The Hall–Kier alpha value is -4.65. The van der Waals surface area contributed by atoms with Crippen molar-refractivity contribution in [1.29, 1.82) is 0 Å². The minimum Gasteiger partial charge on any atom is -0.454 e. The molecule has 0 spiro atoms. The molecule has 0 atom stereocenters. The standard InChI is InChI=1S/C38H42ClN7O4S/c1-25-23-44(4)42-35(25)37(47)43-51(48,49)34-10-9-30(20-33(34)50-31-19-27-12-14-40-36(27)41-22-31)46-17-15-45(16-18-46)24-28-11-13-38(2,3)21-32(28)26-5-7-29(39)8-6-26/h5-10,12,14,19-20,22-23H,11,13,15-18,21,24H2,1-4H3,(H,40,41)(H,43,47). The third-order valence-electron chi connectivity index (χ3n) is 9.80. The predicted molar refractivity (Wildman–Crippen MR) is 200 cm³/mol. The van der Waals surface area contributed by atoms with Crippen LogP contribution in [-0.4, -0.2) is 71.7 Å². The van der Waals surface area contributed by atoms with Gasteiger partial charge in [0, 0.05) is 79.9 Å². The number of anilines is 1. The normalized spacial score (nSPS) is 16.8. The number of piperazine rings is 1. The molecule has 0 bridgehead atoms. The molecule has 1 saturated heterocycles. The van der Waals surface area contributed by atoms with Crippen molar-refractivity contribution in [3.05, 3.63) is 101 Å². The monoisotopic (exact) mass is 727 g/mol. The summed E-state index contributed by atoms with van der Waals surface area (Å²) in [5, 5.41) is 5.69. The Morgan fingerprint density at radius 1 is 1.06 bits per heavy atom. The molecule has 0 radical (unpaired) electrons. The zero-order valence-corrected chi connectivity index (χ0v) is 30.8. The summed E-state index contributed by atoms with van der Waals surface area (Å²) in [4.78, 5) is 25.1. The number of carbonyl (C=O) groups is 1. The van der Waals surface area contributed by atoms with Gasteiger partial charge in [-0.1, -0.05) is 43.2 Å². The van der Waals surface area contributed by atoms with Gasteiger partial charge in [-0.25, -0.2) is 18.1 Å². The molecule has 7 rings (SSSR count). The average Bonchev–Trinajstić information content (AvgIpc) is 3.70. The van der Waals surface area contributed by atoms with Crippen LogP contribution in [0.1, 0.15) is 54.7 Å². The first-order chi connectivity index (χ1) is 24.3. The third-order valence-corrected chi connectivity index (χ3v) is 11.4. The molecule has 13 heteroatoms. The van der Waals surface area contributed by atoms with Crippen LogP contribution in [0.2, 0.25) is 5.02 Å². The Balaban J connectivity index is 1.12. The van der Waals surface area contributed by atoms with Crippen molar-refractivity contribution >= 4 is 49.8 Å². The summed E-state index contributed by atoms with van der Waals surface area (Å²) in [5.41, 5.74) is 6.54. The molecule has 2 N–H and O–H groups in total. The van der Waals surface area contributed by atoms with Crippen molar-refractivity contribution < 1.29 is 17.9 Å². The molecular weight excluding hydrogens is 686 g/mol. The molecule has 266 valence electrons. The second-order valence-corrected chi connectivity index (χ2v) is 16.4. The molecule has 0 unspecified atom stereocenters. The summed E-state index contributed by atoms with van der Waals surface area (Å²) in [6.45, 7) is 10.5. The van der Waals surface area contributed by atoms with Gasteiger partial charge in [0.2, 0.25) is 0 Å². The van der Waals surface area contributed by atoms with E-state index in [-0.39, 0.29) is 21.8 Å². The first-order valence-electron chi connectivity index (χ1n) is 17.1. The van der Waals surface area contributed by atoms with Gasteiger partial charge in [0.25, 0.3) is 15.9 Å². The summed E-state index contributed by atoms with van der Waals surface area (Å²) in [5.74, 6) is -0.356. The molecule has 2 aromatic carbocycles. The van der Waals surface area contributed by atoms with Gasteiger partial charge in [-0.3, -0.25) is 14.4 Å². The molecule has 0 saturated carbocycles. The minimum atomic E-state index is -4.35. The van der Waals surface area contributed by atoms with Gasteiger partial charge in [0.15, 0.2) is 5.69 Å². The number of amides is 1. The van der Waals surface area contributed by atoms with E-state index >= 15 is 0 Å². The maximum absolute atomic E-state index is 13.7. The van der Waals surface area contributed by atoms with E-state index in [0.717, 1.165) is 68.1 Å². The molecule has 4 heterocycles. The van der Waals surface area contributed by atoms with Crippen LogP contribution in [0.5, 0.6) is 11.5 Å². The van der Waals surface area contributed by atoms with Crippen molar-refractivity contribution in [2.45, 2.75) is 44.9 Å². The van der Waals surface area contributed by atoms with Gasteiger partial charge in [-0.15, -0.1) is 0 Å². The lowest BCUT2D eigenvalue weighted by molar-refractivity contribution is 0.0975. The van der Waals surface area contributed by atoms with Crippen molar-refractivity contribution in [1.82, 2.24) is 29.4 Å². The highest BCUT2D eigenvalue weighted by Gasteiger charge is 2.30. The van der Waals surface area contributed by atoms with Crippen LogP contribution in [0.4, 0.5) is 5.69 Å². The van der Waals surface area contributed by atoms with Crippen LogP contribution >= 0.6 is 11.6 Å². The van der Waals surface area contributed by atoms with Gasteiger partial charge in [-0.2, -0.15) is 5.10 Å². The number of carbonyl (C=O) groups excluding carboxylic acids is 1. The van der Waals surface area contributed by atoms with Crippen LogP contribution < -0.4 is 14.4 Å². The number of allylic oxidation sites excluding steroid dienone is 1. The lowest BCUT2D eigenvalue weighted by Gasteiger charge is -2.39. The summed E-state index contributed by atoms with van der Waals surface area (Å²) >= 11 is 6.22. The smallest absolute Gasteiger partial charge is 0.285 e. The van der Waals surface area contributed by atoms with E-state index in [9.17, 15) is 13.2 Å². The molecule has 2 aliphatic rings. The van der Waals surface area contributed by atoms with Crippen LogP contribution in [0.25, 0.3) is 16.6 Å². The number of nitrogens with zero attached hydrogens (tertiary/aromatic N) is 5. The quantitative estimate of drug-likeness (QED) is 0.167. The topological polar surface area (TPSA) is 125 Å². The number of hydrogen-bond donors (Lipinski definition) is 2. The number of ether oxygens (including phenoxy) is 1. The number of rotatable bonds is 9. The minimum absolute atomic E-state index is 0.0353. The fraction of sp³-hybridized carbons (Fsp3) is 0.342. The Kier molecular flexibility index (Phi) is 9.42. The number of benzene rings is 2. The molecule has 1 amide bonds. The lowest BCUT2D eigenvalue weighted by atomic mass is 9.72. The van der Waals surface area contributed by atoms with Crippen LogP contribution in [0.3, 0.4) is 0 Å². The molecule has 11 nitrogen and oxygen atoms in total. The second kappa shape index (κ2) is 13.8. The molecule has 1 aliphatic carbocycles. The number of aryl methyl sites for hydroxylation is 2. The maximum Gasteiger partial charge on any atom is 0.285 e. The fourth-order valence-corrected chi connectivity index (χ4v) is 8.24. The highest BCUT2D eigenvalue weighted by molar-refractivity contribution is 7.90. The first kappa shape index (κ1) is 34.8. The van der Waals surface area contributed by atoms with E-state index in [1.54, 1.807) is 44.6 Å². The molecule has 51 heavy (non-hydrogen) atoms. The Morgan fingerprint density at radius 3 is 2.55 bits per heavy atom. The van der Waals surface area contributed by atoms with E-state index in [1.807, 2.05) is 18.2 Å². The SMILES string of the molecule is Cc1cn(C)nc1C(=O)NS(=O)(=O)c1ccc(N2CCN(CC3=C(c4ccc(Cl)cc4)CC(C)(C)CC3)CC2)cc1Oc1cnc2[nH]ccc2c1. The van der Waals surface area contributed by atoms with Crippen molar-refractivity contribution in [3.63, 3.8) is 0 Å².